The number of aryl methyl sites for hydroxylation is 1. The van der Waals surface area contributed by atoms with Crippen LogP contribution in [0.4, 0.5) is 0 Å². The number of amides is 1. The van der Waals surface area contributed by atoms with Crippen LogP contribution >= 0.6 is 11.6 Å². The molecule has 2 heterocycles. The van der Waals surface area contributed by atoms with E-state index in [1.807, 2.05) is 35.9 Å². The Bertz CT molecular complexity index is 812. The molecule has 1 N–H and O–H groups in total. The van der Waals surface area contributed by atoms with E-state index in [0.717, 1.165) is 16.9 Å². The van der Waals surface area contributed by atoms with Gasteiger partial charge in [0.25, 0.3) is 5.91 Å². The van der Waals surface area contributed by atoms with E-state index in [-0.39, 0.29) is 5.91 Å². The van der Waals surface area contributed by atoms with E-state index in [4.69, 9.17) is 11.6 Å². The van der Waals surface area contributed by atoms with Crippen LogP contribution < -0.4 is 5.32 Å². The van der Waals surface area contributed by atoms with Gasteiger partial charge in [0.1, 0.15) is 11.0 Å². The highest BCUT2D eigenvalue weighted by molar-refractivity contribution is 6.29. The van der Waals surface area contributed by atoms with E-state index in [1.165, 1.54) is 12.3 Å². The van der Waals surface area contributed by atoms with E-state index in [2.05, 4.69) is 15.3 Å². The minimum Gasteiger partial charge on any atom is -0.345 e. The van der Waals surface area contributed by atoms with Crippen molar-refractivity contribution in [2.24, 2.45) is 7.05 Å². The molecule has 0 atom stereocenters. The van der Waals surface area contributed by atoms with Crippen molar-refractivity contribution in [3.05, 3.63) is 59.1 Å². The number of hydrogen-bond acceptors (Lipinski definition) is 3. The highest BCUT2D eigenvalue weighted by atomic mass is 35.5. The second kappa shape index (κ2) is 5.54. The number of halogens is 1. The van der Waals surface area contributed by atoms with Gasteiger partial charge in [-0.2, -0.15) is 0 Å². The largest absolute Gasteiger partial charge is 0.345 e. The molecule has 0 fully saturated rings. The maximum atomic E-state index is 12.1. The Kier molecular flexibility index (Phi) is 3.58. The van der Waals surface area contributed by atoms with E-state index >= 15 is 0 Å². The molecule has 3 aromatic rings. The predicted octanol–water partition coefficient (Wildman–Crippen LogP) is 2.55. The van der Waals surface area contributed by atoms with E-state index in [9.17, 15) is 4.79 Å². The van der Waals surface area contributed by atoms with Crippen molar-refractivity contribution in [2.75, 3.05) is 0 Å². The number of pyridine rings is 1. The number of nitrogens with one attached hydrogen (secondary N) is 1. The summed E-state index contributed by atoms with van der Waals surface area (Å²) in [5.74, 6) is 0.594. The Morgan fingerprint density at radius 2 is 2.14 bits per heavy atom. The smallest absolute Gasteiger partial charge is 0.251 e. The molecule has 0 saturated heterocycles. The summed E-state index contributed by atoms with van der Waals surface area (Å²) < 4.78 is 1.97. The second-order valence-corrected chi connectivity index (χ2v) is 5.01. The third kappa shape index (κ3) is 2.73. The average molecular weight is 301 g/mol. The summed E-state index contributed by atoms with van der Waals surface area (Å²) >= 11 is 5.78. The lowest BCUT2D eigenvalue weighted by atomic mass is 10.2. The van der Waals surface area contributed by atoms with Crippen LogP contribution in [0.3, 0.4) is 0 Å². The molecule has 6 heteroatoms. The molecule has 21 heavy (non-hydrogen) atoms. The summed E-state index contributed by atoms with van der Waals surface area (Å²) in [7, 11) is 1.93. The molecule has 1 amide bonds. The SMILES string of the molecule is Cn1c(CNC(=O)c2ccnc(Cl)c2)nc2ccccc21. The van der Waals surface area contributed by atoms with Gasteiger partial charge in [-0.1, -0.05) is 23.7 Å². The Balaban J connectivity index is 1.77. The number of para-hydroxylation sites is 2. The first-order chi connectivity index (χ1) is 10.1. The van der Waals surface area contributed by atoms with Crippen LogP contribution in [-0.4, -0.2) is 20.4 Å². The van der Waals surface area contributed by atoms with Gasteiger partial charge in [0, 0.05) is 18.8 Å². The molecule has 0 radical (unpaired) electrons. The van der Waals surface area contributed by atoms with Gasteiger partial charge in [-0.3, -0.25) is 4.79 Å². The van der Waals surface area contributed by atoms with Crippen LogP contribution in [-0.2, 0) is 13.6 Å². The third-order valence-electron chi connectivity index (χ3n) is 3.28. The zero-order chi connectivity index (χ0) is 14.8. The molecule has 106 valence electrons. The third-order valence-corrected chi connectivity index (χ3v) is 3.48. The number of rotatable bonds is 3. The lowest BCUT2D eigenvalue weighted by Crippen LogP contribution is -2.24. The van der Waals surface area contributed by atoms with Gasteiger partial charge in [0.05, 0.1) is 17.6 Å². The average Bonchev–Trinajstić information content (AvgIpc) is 2.82. The summed E-state index contributed by atoms with van der Waals surface area (Å²) in [5.41, 5.74) is 2.43. The van der Waals surface area contributed by atoms with Gasteiger partial charge >= 0.3 is 0 Å². The quantitative estimate of drug-likeness (QED) is 0.756. The lowest BCUT2D eigenvalue weighted by Gasteiger charge is -2.05. The highest BCUT2D eigenvalue weighted by Crippen LogP contribution is 2.14. The summed E-state index contributed by atoms with van der Waals surface area (Å²) in [5, 5.41) is 3.13. The first-order valence-corrected chi connectivity index (χ1v) is 6.83. The topological polar surface area (TPSA) is 59.8 Å². The van der Waals surface area contributed by atoms with Gasteiger partial charge in [0.15, 0.2) is 0 Å². The minimum absolute atomic E-state index is 0.202. The summed E-state index contributed by atoms with van der Waals surface area (Å²) in [6.45, 7) is 0.351. The fourth-order valence-corrected chi connectivity index (χ4v) is 2.33. The monoisotopic (exact) mass is 300 g/mol. The van der Waals surface area contributed by atoms with E-state index in [0.29, 0.717) is 17.3 Å². The molecule has 3 rings (SSSR count). The molecule has 1 aromatic carbocycles. The van der Waals surface area contributed by atoms with Crippen molar-refractivity contribution in [1.82, 2.24) is 19.9 Å². The van der Waals surface area contributed by atoms with Crippen LogP contribution in [0, 0.1) is 0 Å². The van der Waals surface area contributed by atoms with Crippen molar-refractivity contribution in [2.45, 2.75) is 6.54 Å². The number of benzene rings is 1. The Labute approximate surface area is 126 Å². The van der Waals surface area contributed by atoms with Crippen molar-refractivity contribution in [3.63, 3.8) is 0 Å². The normalized spacial score (nSPS) is 10.8. The molecule has 0 aliphatic carbocycles. The fourth-order valence-electron chi connectivity index (χ4n) is 2.16. The molecule has 0 saturated carbocycles. The number of fused-ring (bicyclic) bond motifs is 1. The maximum absolute atomic E-state index is 12.1. The number of aromatic nitrogens is 3. The molecule has 5 nitrogen and oxygen atoms in total. The fraction of sp³-hybridized carbons (Fsp3) is 0.133. The highest BCUT2D eigenvalue weighted by Gasteiger charge is 2.10. The van der Waals surface area contributed by atoms with Gasteiger partial charge in [0.2, 0.25) is 0 Å². The number of imidazole rings is 1. The van der Waals surface area contributed by atoms with Crippen LogP contribution in [0.2, 0.25) is 5.15 Å². The maximum Gasteiger partial charge on any atom is 0.251 e. The summed E-state index contributed by atoms with van der Waals surface area (Å²) in [4.78, 5) is 20.4. The Hall–Kier alpha value is -2.40. The first kappa shape index (κ1) is 13.6. The zero-order valence-electron chi connectivity index (χ0n) is 11.4. The molecule has 0 aliphatic heterocycles. The van der Waals surface area contributed by atoms with E-state index in [1.54, 1.807) is 6.07 Å². The van der Waals surface area contributed by atoms with Gasteiger partial charge in [-0.15, -0.1) is 0 Å². The minimum atomic E-state index is -0.202. The summed E-state index contributed by atoms with van der Waals surface area (Å²) in [6.07, 6.45) is 1.51. The second-order valence-electron chi connectivity index (χ2n) is 4.63. The standard InChI is InChI=1S/C15H13ClN4O/c1-20-12-5-3-2-4-11(12)19-14(20)9-18-15(21)10-6-7-17-13(16)8-10/h2-8H,9H2,1H3,(H,18,21). The zero-order valence-corrected chi connectivity index (χ0v) is 12.1. The molecule has 2 aromatic heterocycles. The molecule has 0 spiro atoms. The number of carbonyl (C=O) groups is 1. The molecule has 0 bridgehead atoms. The Morgan fingerprint density at radius 3 is 2.90 bits per heavy atom. The Morgan fingerprint density at radius 1 is 1.33 bits per heavy atom. The lowest BCUT2D eigenvalue weighted by molar-refractivity contribution is 0.0949. The molecule has 0 unspecified atom stereocenters. The first-order valence-electron chi connectivity index (χ1n) is 6.45. The summed E-state index contributed by atoms with van der Waals surface area (Å²) in [6, 6.07) is 11.0. The van der Waals surface area contributed by atoms with Crippen LogP contribution in [0.5, 0.6) is 0 Å². The number of hydrogen-bond donors (Lipinski definition) is 1. The van der Waals surface area contributed by atoms with Crippen LogP contribution in [0.25, 0.3) is 11.0 Å². The van der Waals surface area contributed by atoms with Gasteiger partial charge in [-0.05, 0) is 24.3 Å². The predicted molar refractivity (Wildman–Crippen MR) is 81.1 cm³/mol. The van der Waals surface area contributed by atoms with Crippen molar-refractivity contribution in [1.29, 1.82) is 0 Å². The number of carbonyl (C=O) groups excluding carboxylic acids is 1. The van der Waals surface area contributed by atoms with Gasteiger partial charge in [-0.25, -0.2) is 9.97 Å². The molecule has 0 aliphatic rings. The molecular formula is C15H13ClN4O. The number of nitrogens with zero attached hydrogens (tertiary/aromatic N) is 3. The van der Waals surface area contributed by atoms with Gasteiger partial charge < -0.3 is 9.88 Å². The van der Waals surface area contributed by atoms with E-state index < -0.39 is 0 Å². The van der Waals surface area contributed by atoms with Crippen molar-refractivity contribution >= 4 is 28.5 Å². The van der Waals surface area contributed by atoms with Crippen molar-refractivity contribution < 1.29 is 4.79 Å². The van der Waals surface area contributed by atoms with Crippen LogP contribution in [0.1, 0.15) is 16.2 Å². The van der Waals surface area contributed by atoms with Crippen LogP contribution in [0.15, 0.2) is 42.6 Å². The molecular weight excluding hydrogens is 288 g/mol. The van der Waals surface area contributed by atoms with Crippen molar-refractivity contribution in [3.8, 4) is 0 Å².